The molecule has 0 spiro atoms. The lowest BCUT2D eigenvalue weighted by molar-refractivity contribution is -0.138. The molecule has 0 fully saturated rings. The van der Waals surface area contributed by atoms with Gasteiger partial charge >= 0.3 is 5.97 Å². The fraction of sp³-hybridized carbons (Fsp3) is 0.278. The van der Waals surface area contributed by atoms with Crippen molar-refractivity contribution in [3.8, 4) is 17.2 Å². The Bertz CT molecular complexity index is 666. The van der Waals surface area contributed by atoms with Crippen molar-refractivity contribution in [2.24, 2.45) is 0 Å². The van der Waals surface area contributed by atoms with Crippen LogP contribution in [-0.2, 0) is 11.2 Å². The highest BCUT2D eigenvalue weighted by Crippen LogP contribution is 2.38. The minimum absolute atomic E-state index is 0.0963. The molecule has 0 saturated heterocycles. The molecule has 1 unspecified atom stereocenters. The van der Waals surface area contributed by atoms with E-state index in [-0.39, 0.29) is 23.7 Å². The topological polar surface area (TPSA) is 76.0 Å². The second kappa shape index (κ2) is 7.05. The predicted molar refractivity (Wildman–Crippen MR) is 86.5 cm³/mol. The van der Waals surface area contributed by atoms with E-state index in [2.05, 4.69) is 0 Å². The molecule has 1 atom stereocenters. The Morgan fingerprint density at radius 1 is 1.09 bits per heavy atom. The molecule has 0 aliphatic rings. The van der Waals surface area contributed by atoms with Crippen molar-refractivity contribution in [2.75, 3.05) is 14.2 Å². The second-order valence-corrected chi connectivity index (χ2v) is 5.35. The summed E-state index contributed by atoms with van der Waals surface area (Å²) in [6.07, 6.45) is 0.269. The molecule has 5 heteroatoms. The number of phenolic OH excluding ortho intramolecular Hbond substituents is 1. The van der Waals surface area contributed by atoms with Gasteiger partial charge in [0.2, 0.25) is 5.75 Å². The Labute approximate surface area is 135 Å². The van der Waals surface area contributed by atoms with E-state index in [0.717, 1.165) is 11.1 Å². The highest BCUT2D eigenvalue weighted by atomic mass is 16.5. The molecule has 0 radical (unpaired) electrons. The van der Waals surface area contributed by atoms with E-state index in [1.807, 2.05) is 31.2 Å². The van der Waals surface area contributed by atoms with Crippen LogP contribution in [0.25, 0.3) is 0 Å². The van der Waals surface area contributed by atoms with Crippen molar-refractivity contribution < 1.29 is 24.5 Å². The van der Waals surface area contributed by atoms with Crippen LogP contribution in [0.5, 0.6) is 17.2 Å². The van der Waals surface area contributed by atoms with E-state index in [9.17, 15) is 15.0 Å². The summed E-state index contributed by atoms with van der Waals surface area (Å²) in [5.41, 5.74) is 2.52. The minimum Gasteiger partial charge on any atom is -0.502 e. The standard InChI is InChI=1S/C18H20O5/c1-11-4-6-13(7-5-11)14(18(20)21)8-12-9-15(22-2)17(19)16(10-12)23-3/h4-7,9-10,14,19H,8H2,1-3H3,(H,20,21). The van der Waals surface area contributed by atoms with Crippen molar-refractivity contribution in [3.63, 3.8) is 0 Å². The van der Waals surface area contributed by atoms with Crippen LogP contribution in [0.2, 0.25) is 0 Å². The van der Waals surface area contributed by atoms with Gasteiger partial charge in [-0.2, -0.15) is 0 Å². The molecule has 0 aromatic heterocycles. The van der Waals surface area contributed by atoms with Gasteiger partial charge in [0.1, 0.15) is 0 Å². The van der Waals surface area contributed by atoms with Crippen molar-refractivity contribution in [1.29, 1.82) is 0 Å². The van der Waals surface area contributed by atoms with Gasteiger partial charge in [-0.1, -0.05) is 29.8 Å². The zero-order valence-electron chi connectivity index (χ0n) is 13.4. The van der Waals surface area contributed by atoms with Gasteiger partial charge in [0, 0.05) is 0 Å². The molecular weight excluding hydrogens is 296 g/mol. The maximum atomic E-state index is 11.7. The largest absolute Gasteiger partial charge is 0.502 e. The molecule has 0 aliphatic carbocycles. The summed E-state index contributed by atoms with van der Waals surface area (Å²) in [7, 11) is 2.87. The third kappa shape index (κ3) is 3.74. The van der Waals surface area contributed by atoms with Crippen LogP contribution in [0.15, 0.2) is 36.4 Å². The fourth-order valence-corrected chi connectivity index (χ4v) is 2.45. The molecule has 2 aromatic rings. The van der Waals surface area contributed by atoms with Gasteiger partial charge in [0.05, 0.1) is 20.1 Å². The number of aromatic hydroxyl groups is 1. The number of ether oxygens (including phenoxy) is 2. The fourth-order valence-electron chi connectivity index (χ4n) is 2.45. The molecule has 0 amide bonds. The van der Waals surface area contributed by atoms with Crippen molar-refractivity contribution in [2.45, 2.75) is 19.3 Å². The van der Waals surface area contributed by atoms with Crippen LogP contribution in [0.3, 0.4) is 0 Å². The number of carbonyl (C=O) groups is 1. The van der Waals surface area contributed by atoms with E-state index < -0.39 is 11.9 Å². The molecular formula is C18H20O5. The Morgan fingerprint density at radius 3 is 2.04 bits per heavy atom. The van der Waals surface area contributed by atoms with Crippen LogP contribution < -0.4 is 9.47 Å². The first-order valence-corrected chi connectivity index (χ1v) is 7.19. The van der Waals surface area contributed by atoms with Gasteiger partial charge in [-0.25, -0.2) is 0 Å². The smallest absolute Gasteiger partial charge is 0.311 e. The SMILES string of the molecule is COc1cc(CC(C(=O)O)c2ccc(C)cc2)cc(OC)c1O. The average Bonchev–Trinajstić information content (AvgIpc) is 2.54. The summed E-state index contributed by atoms with van der Waals surface area (Å²) in [6, 6.07) is 10.7. The Morgan fingerprint density at radius 2 is 1.61 bits per heavy atom. The molecule has 2 N–H and O–H groups in total. The molecule has 0 heterocycles. The molecule has 2 rings (SSSR count). The number of rotatable bonds is 6. The first-order valence-electron chi connectivity index (χ1n) is 7.19. The van der Waals surface area contributed by atoms with E-state index in [0.29, 0.717) is 5.56 Å². The van der Waals surface area contributed by atoms with Gasteiger partial charge in [-0.3, -0.25) is 4.79 Å². The van der Waals surface area contributed by atoms with Gasteiger partial charge < -0.3 is 19.7 Å². The first kappa shape index (κ1) is 16.7. The summed E-state index contributed by atoms with van der Waals surface area (Å²) >= 11 is 0. The summed E-state index contributed by atoms with van der Waals surface area (Å²) in [5, 5.41) is 19.5. The van der Waals surface area contributed by atoms with Gasteiger partial charge in [-0.15, -0.1) is 0 Å². The summed E-state index contributed by atoms with van der Waals surface area (Å²) in [5.74, 6) is -1.17. The minimum atomic E-state index is -0.903. The number of aliphatic carboxylic acids is 1. The second-order valence-electron chi connectivity index (χ2n) is 5.35. The van der Waals surface area contributed by atoms with Crippen molar-refractivity contribution in [1.82, 2.24) is 0 Å². The van der Waals surface area contributed by atoms with E-state index in [4.69, 9.17) is 9.47 Å². The van der Waals surface area contributed by atoms with Gasteiger partial charge in [0.15, 0.2) is 11.5 Å². The monoisotopic (exact) mass is 316 g/mol. The lowest BCUT2D eigenvalue weighted by Gasteiger charge is -2.16. The molecule has 2 aromatic carbocycles. The lowest BCUT2D eigenvalue weighted by atomic mass is 9.91. The summed E-state index contributed by atoms with van der Waals surface area (Å²) in [4.78, 5) is 11.7. The molecule has 0 aliphatic heterocycles. The Hall–Kier alpha value is -2.69. The molecule has 122 valence electrons. The number of methoxy groups -OCH3 is 2. The normalized spacial score (nSPS) is 11.8. The zero-order chi connectivity index (χ0) is 17.0. The van der Waals surface area contributed by atoms with Gasteiger partial charge in [-0.05, 0) is 36.6 Å². The van der Waals surface area contributed by atoms with Crippen LogP contribution in [0.4, 0.5) is 0 Å². The number of phenols is 1. The number of carboxylic acid groups (broad SMARTS) is 1. The zero-order valence-corrected chi connectivity index (χ0v) is 13.4. The van der Waals surface area contributed by atoms with Crippen LogP contribution in [-0.4, -0.2) is 30.4 Å². The number of aryl methyl sites for hydroxylation is 1. The highest BCUT2D eigenvalue weighted by molar-refractivity contribution is 5.76. The third-order valence-electron chi connectivity index (χ3n) is 3.76. The quantitative estimate of drug-likeness (QED) is 0.856. The van der Waals surface area contributed by atoms with Crippen LogP contribution in [0.1, 0.15) is 22.6 Å². The van der Waals surface area contributed by atoms with Gasteiger partial charge in [0.25, 0.3) is 0 Å². The Kier molecular flexibility index (Phi) is 5.11. The summed E-state index contributed by atoms with van der Waals surface area (Å²) in [6.45, 7) is 1.95. The Balaban J connectivity index is 2.37. The molecule has 5 nitrogen and oxygen atoms in total. The average molecular weight is 316 g/mol. The maximum Gasteiger partial charge on any atom is 0.311 e. The van der Waals surface area contributed by atoms with Crippen LogP contribution in [0, 0.1) is 6.92 Å². The number of carboxylic acids is 1. The van der Waals surface area contributed by atoms with Crippen LogP contribution >= 0.6 is 0 Å². The van der Waals surface area contributed by atoms with Crippen molar-refractivity contribution in [3.05, 3.63) is 53.1 Å². The van der Waals surface area contributed by atoms with E-state index in [1.165, 1.54) is 14.2 Å². The van der Waals surface area contributed by atoms with E-state index in [1.54, 1.807) is 12.1 Å². The molecule has 23 heavy (non-hydrogen) atoms. The predicted octanol–water partition coefficient (Wildman–Crippen LogP) is 3.13. The van der Waals surface area contributed by atoms with Crippen molar-refractivity contribution >= 4 is 5.97 Å². The summed E-state index contributed by atoms with van der Waals surface area (Å²) < 4.78 is 10.2. The lowest BCUT2D eigenvalue weighted by Crippen LogP contribution is -2.14. The first-order chi connectivity index (χ1) is 11.0. The molecule has 0 saturated carbocycles. The number of hydrogen-bond acceptors (Lipinski definition) is 4. The third-order valence-corrected chi connectivity index (χ3v) is 3.76. The molecule has 0 bridgehead atoms. The van der Waals surface area contributed by atoms with E-state index >= 15 is 0 Å². The highest BCUT2D eigenvalue weighted by Gasteiger charge is 2.22. The number of hydrogen-bond donors (Lipinski definition) is 2. The maximum absolute atomic E-state index is 11.7. The number of benzene rings is 2.